The summed E-state index contributed by atoms with van der Waals surface area (Å²) in [7, 11) is 0. The Morgan fingerprint density at radius 1 is 1.22 bits per heavy atom. The van der Waals surface area contributed by atoms with Gasteiger partial charge in [0.05, 0.1) is 35.4 Å². The Labute approximate surface area is 207 Å². The third-order valence-corrected chi connectivity index (χ3v) is 7.42. The zero-order valence-electron chi connectivity index (χ0n) is 19.6. The van der Waals surface area contributed by atoms with E-state index >= 15 is 4.39 Å². The SMILES string of the molecule is C[C@@H]1CN2c3c(cc4c(N5C(=O)OC[C@@H]5CN=O)noc4c3F)CC3(C(=O)NC(=O)NC3=O)[C@H]2[C@H](C)O1. The van der Waals surface area contributed by atoms with Crippen LogP contribution in [0.2, 0.25) is 0 Å². The molecule has 14 nitrogen and oxygen atoms in total. The first-order valence-corrected chi connectivity index (χ1v) is 11.6. The molecule has 2 N–H and O–H groups in total. The number of anilines is 2. The molecule has 4 aliphatic heterocycles. The lowest BCUT2D eigenvalue weighted by atomic mass is 9.66. The van der Waals surface area contributed by atoms with Crippen molar-refractivity contribution in [1.82, 2.24) is 15.8 Å². The lowest BCUT2D eigenvalue weighted by Crippen LogP contribution is -2.75. The molecule has 0 radical (unpaired) electrons. The molecule has 1 aromatic carbocycles. The molecular formula is C22H21FN6O8. The van der Waals surface area contributed by atoms with Crippen molar-refractivity contribution in [2.24, 2.45) is 10.6 Å². The van der Waals surface area contributed by atoms with Crippen LogP contribution in [0, 0.1) is 16.1 Å². The average molecular weight is 516 g/mol. The van der Waals surface area contributed by atoms with Crippen LogP contribution in [0.1, 0.15) is 19.4 Å². The lowest BCUT2D eigenvalue weighted by Gasteiger charge is -2.55. The van der Waals surface area contributed by atoms with Crippen LogP contribution in [-0.4, -0.2) is 73.1 Å². The van der Waals surface area contributed by atoms with Crippen molar-refractivity contribution < 1.29 is 37.6 Å². The van der Waals surface area contributed by atoms with Crippen molar-refractivity contribution in [3.8, 4) is 0 Å². The summed E-state index contributed by atoms with van der Waals surface area (Å²) in [6.45, 7) is 3.21. The van der Waals surface area contributed by atoms with E-state index in [9.17, 15) is 24.1 Å². The Kier molecular flexibility index (Phi) is 4.99. The van der Waals surface area contributed by atoms with Gasteiger partial charge in [-0.3, -0.25) is 20.2 Å². The number of rotatable bonds is 3. The van der Waals surface area contributed by atoms with Crippen LogP contribution in [0.15, 0.2) is 15.8 Å². The number of imide groups is 2. The number of nitroso groups, excluding NO2 is 1. The number of hydrogen-bond acceptors (Lipinski definition) is 11. The van der Waals surface area contributed by atoms with Gasteiger partial charge < -0.3 is 18.9 Å². The minimum atomic E-state index is -1.81. The number of hydrogen-bond donors (Lipinski definition) is 2. The Morgan fingerprint density at radius 2 is 1.95 bits per heavy atom. The van der Waals surface area contributed by atoms with Gasteiger partial charge in [0.2, 0.25) is 17.4 Å². The van der Waals surface area contributed by atoms with Crippen LogP contribution in [0.25, 0.3) is 11.0 Å². The van der Waals surface area contributed by atoms with Crippen LogP contribution < -0.4 is 20.4 Å². The number of nitrogens with one attached hydrogen (secondary N) is 2. The molecule has 1 spiro atoms. The first-order valence-electron chi connectivity index (χ1n) is 11.6. The molecule has 6 rings (SSSR count). The largest absolute Gasteiger partial charge is 0.447 e. The number of carbonyl (C=O) groups is 4. The number of barbiturate groups is 1. The molecule has 0 unspecified atom stereocenters. The van der Waals surface area contributed by atoms with E-state index in [2.05, 4.69) is 21.0 Å². The molecule has 5 heterocycles. The van der Waals surface area contributed by atoms with E-state index in [-0.39, 0.29) is 60.3 Å². The van der Waals surface area contributed by atoms with Crippen molar-refractivity contribution >= 4 is 46.4 Å². The predicted octanol–water partition coefficient (Wildman–Crippen LogP) is 0.949. The number of aromatic nitrogens is 1. The predicted molar refractivity (Wildman–Crippen MR) is 121 cm³/mol. The second-order valence-corrected chi connectivity index (χ2v) is 9.63. The van der Waals surface area contributed by atoms with Gasteiger partial charge in [-0.1, -0.05) is 10.3 Å². The summed E-state index contributed by atoms with van der Waals surface area (Å²) in [5, 5.41) is 11.1. The van der Waals surface area contributed by atoms with Crippen molar-refractivity contribution in [3.05, 3.63) is 22.4 Å². The van der Waals surface area contributed by atoms with Crippen LogP contribution in [0.4, 0.5) is 25.5 Å². The van der Waals surface area contributed by atoms with E-state index in [1.807, 2.05) is 0 Å². The van der Waals surface area contributed by atoms with Gasteiger partial charge in [0.25, 0.3) is 0 Å². The van der Waals surface area contributed by atoms with Crippen molar-refractivity contribution in [2.45, 2.75) is 44.6 Å². The van der Waals surface area contributed by atoms with Gasteiger partial charge in [-0.25, -0.2) is 18.9 Å². The quantitative estimate of drug-likeness (QED) is 0.442. The second kappa shape index (κ2) is 7.93. The monoisotopic (exact) mass is 516 g/mol. The third-order valence-electron chi connectivity index (χ3n) is 7.42. The summed E-state index contributed by atoms with van der Waals surface area (Å²) in [6.07, 6.45) is -2.13. The maximum atomic E-state index is 16.2. The highest BCUT2D eigenvalue weighted by molar-refractivity contribution is 6.20. The van der Waals surface area contributed by atoms with E-state index in [4.69, 9.17) is 14.0 Å². The van der Waals surface area contributed by atoms with Crippen LogP contribution in [0.3, 0.4) is 0 Å². The Bertz CT molecular complexity index is 1370. The molecule has 4 aliphatic rings. The molecule has 2 aromatic rings. The maximum Gasteiger partial charge on any atom is 0.416 e. The first-order chi connectivity index (χ1) is 17.7. The highest BCUT2D eigenvalue weighted by Crippen LogP contribution is 2.50. The Hall–Kier alpha value is -4.14. The second-order valence-electron chi connectivity index (χ2n) is 9.63. The van der Waals surface area contributed by atoms with Crippen LogP contribution >= 0.6 is 0 Å². The van der Waals surface area contributed by atoms with E-state index in [1.54, 1.807) is 18.7 Å². The smallest absolute Gasteiger partial charge is 0.416 e. The highest BCUT2D eigenvalue weighted by atomic mass is 19.1. The number of benzene rings is 1. The van der Waals surface area contributed by atoms with Crippen molar-refractivity contribution in [2.75, 3.05) is 29.5 Å². The molecular weight excluding hydrogens is 495 g/mol. The number of fused-ring (bicyclic) bond motifs is 5. The van der Waals surface area contributed by atoms with E-state index in [0.29, 0.717) is 0 Å². The maximum absolute atomic E-state index is 16.2. The molecule has 1 aromatic heterocycles. The van der Waals surface area contributed by atoms with E-state index in [1.165, 1.54) is 6.07 Å². The highest BCUT2D eigenvalue weighted by Gasteiger charge is 2.63. The number of ether oxygens (including phenoxy) is 2. The van der Waals surface area contributed by atoms with Crippen LogP contribution in [0.5, 0.6) is 0 Å². The third kappa shape index (κ3) is 3.09. The molecule has 0 aliphatic carbocycles. The van der Waals surface area contributed by atoms with Gasteiger partial charge >= 0.3 is 12.1 Å². The summed E-state index contributed by atoms with van der Waals surface area (Å²) >= 11 is 0. The summed E-state index contributed by atoms with van der Waals surface area (Å²) < 4.78 is 32.4. The standard InChI is InChI=1S/C22H21FN6O8/c1-8-6-28-14-10(4-22(16(28)9(2)36-8)18(30)25-20(32)26-19(22)31)3-12-15(13(14)23)37-27-17(12)29-11(5-24-34)7-35-21(29)33/h3,8-9,11,16H,4-7H2,1-2H3,(H2,25,26,30,31,32)/t8-,9+,11+,16-/m1/s1. The summed E-state index contributed by atoms with van der Waals surface area (Å²) in [5.74, 6) is -2.52. The molecule has 15 heteroatoms. The Morgan fingerprint density at radius 3 is 2.65 bits per heavy atom. The first kappa shape index (κ1) is 23.3. The molecule has 5 amide bonds. The normalized spacial score (nSPS) is 28.6. The number of cyclic esters (lactones) is 1. The number of halogens is 1. The minimum Gasteiger partial charge on any atom is -0.447 e. The number of urea groups is 1. The van der Waals surface area contributed by atoms with Crippen molar-refractivity contribution in [3.63, 3.8) is 0 Å². The molecule has 3 saturated heterocycles. The van der Waals surface area contributed by atoms with Gasteiger partial charge in [-0.05, 0) is 25.5 Å². The van der Waals surface area contributed by atoms with E-state index in [0.717, 1.165) is 4.90 Å². The molecule has 0 saturated carbocycles. The zero-order valence-corrected chi connectivity index (χ0v) is 19.6. The molecule has 0 bridgehead atoms. The van der Waals surface area contributed by atoms with Gasteiger partial charge in [0, 0.05) is 13.0 Å². The number of nitrogens with zero attached hydrogens (tertiary/aromatic N) is 4. The van der Waals surface area contributed by atoms with Gasteiger partial charge in [-0.15, -0.1) is 0 Å². The lowest BCUT2D eigenvalue weighted by molar-refractivity contribution is -0.153. The molecule has 194 valence electrons. The number of carbonyl (C=O) groups excluding carboxylic acids is 4. The van der Waals surface area contributed by atoms with Crippen LogP contribution in [-0.2, 0) is 25.5 Å². The molecule has 4 atom stereocenters. The van der Waals surface area contributed by atoms with Gasteiger partial charge in [-0.2, -0.15) is 4.91 Å². The van der Waals surface area contributed by atoms with E-state index < -0.39 is 53.4 Å². The zero-order chi connectivity index (χ0) is 26.2. The van der Waals surface area contributed by atoms with Gasteiger partial charge in [0.1, 0.15) is 13.2 Å². The summed E-state index contributed by atoms with van der Waals surface area (Å²) in [6, 6.07) is -1.15. The minimum absolute atomic E-state index is 0.0829. The topological polar surface area (TPSA) is 173 Å². The summed E-state index contributed by atoms with van der Waals surface area (Å²) in [5.41, 5.74) is -1.68. The Balaban J connectivity index is 1.56. The number of morpholine rings is 1. The van der Waals surface area contributed by atoms with Crippen molar-refractivity contribution in [1.29, 1.82) is 0 Å². The average Bonchev–Trinajstić information content (AvgIpc) is 3.40. The fourth-order valence-electron chi connectivity index (χ4n) is 6.05. The fourth-order valence-corrected chi connectivity index (χ4v) is 6.05. The molecule has 37 heavy (non-hydrogen) atoms. The van der Waals surface area contributed by atoms with Gasteiger partial charge in [0.15, 0.2) is 17.1 Å². The summed E-state index contributed by atoms with van der Waals surface area (Å²) in [4.78, 5) is 64.5. The fraction of sp³-hybridized carbons (Fsp3) is 0.500. The number of amides is 5. The molecule has 3 fully saturated rings.